The molecule has 2 bridgehead atoms. The first kappa shape index (κ1) is 9.30. The van der Waals surface area contributed by atoms with Crippen LogP contribution in [0, 0.1) is 5.92 Å². The summed E-state index contributed by atoms with van der Waals surface area (Å²) in [4.78, 5) is 2.43. The van der Waals surface area contributed by atoms with E-state index >= 15 is 0 Å². The van der Waals surface area contributed by atoms with Gasteiger partial charge in [0, 0.05) is 6.04 Å². The standard InChI is InChI=1S/C8H15NO.ClH/c10-6-8-5-7-1-3-9(8)4-2-7;/h7-8,10H,1-6H2;1H. The van der Waals surface area contributed by atoms with Crippen molar-refractivity contribution in [1.29, 1.82) is 0 Å². The van der Waals surface area contributed by atoms with Crippen molar-refractivity contribution in [3.63, 3.8) is 0 Å². The zero-order chi connectivity index (χ0) is 6.97. The van der Waals surface area contributed by atoms with Crippen LogP contribution in [0.5, 0.6) is 0 Å². The molecule has 1 N–H and O–H groups in total. The van der Waals surface area contributed by atoms with Crippen LogP contribution in [0.25, 0.3) is 0 Å². The number of hydrogen-bond donors (Lipinski definition) is 1. The van der Waals surface area contributed by atoms with E-state index in [1.54, 1.807) is 0 Å². The Labute approximate surface area is 74.0 Å². The SMILES string of the molecule is Cl.OCC1CC2CCN1CC2. The fourth-order valence-electron chi connectivity index (χ4n) is 2.28. The van der Waals surface area contributed by atoms with E-state index in [1.807, 2.05) is 0 Å². The van der Waals surface area contributed by atoms with Crippen molar-refractivity contribution in [3.8, 4) is 0 Å². The summed E-state index contributed by atoms with van der Waals surface area (Å²) in [6.07, 6.45) is 3.99. The Balaban J connectivity index is 0.000000605. The molecule has 1 unspecified atom stereocenters. The van der Waals surface area contributed by atoms with Gasteiger partial charge >= 0.3 is 0 Å². The van der Waals surface area contributed by atoms with Gasteiger partial charge in [-0.25, -0.2) is 0 Å². The maximum Gasteiger partial charge on any atom is 0.0586 e. The summed E-state index contributed by atoms with van der Waals surface area (Å²) in [5, 5.41) is 8.97. The molecule has 0 aliphatic carbocycles. The average molecular weight is 178 g/mol. The van der Waals surface area contributed by atoms with E-state index in [0.717, 1.165) is 5.92 Å². The van der Waals surface area contributed by atoms with Crippen molar-refractivity contribution in [2.75, 3.05) is 19.7 Å². The topological polar surface area (TPSA) is 23.5 Å². The summed E-state index contributed by atoms with van der Waals surface area (Å²) >= 11 is 0. The Hall–Kier alpha value is 0.210. The van der Waals surface area contributed by atoms with E-state index in [2.05, 4.69) is 4.90 Å². The van der Waals surface area contributed by atoms with Crippen LogP contribution in [0.2, 0.25) is 0 Å². The number of hydrogen-bond acceptors (Lipinski definition) is 2. The molecule has 3 heterocycles. The summed E-state index contributed by atoms with van der Waals surface area (Å²) in [6.45, 7) is 2.84. The van der Waals surface area contributed by atoms with Gasteiger partial charge in [0.2, 0.25) is 0 Å². The second kappa shape index (κ2) is 3.74. The smallest absolute Gasteiger partial charge is 0.0586 e. The molecule has 0 saturated carbocycles. The Morgan fingerprint density at radius 3 is 2.18 bits per heavy atom. The van der Waals surface area contributed by atoms with Crippen LogP contribution in [0.3, 0.4) is 0 Å². The number of nitrogens with zero attached hydrogens (tertiary/aromatic N) is 1. The summed E-state index contributed by atoms with van der Waals surface area (Å²) in [5.74, 6) is 0.933. The van der Waals surface area contributed by atoms with E-state index in [0.29, 0.717) is 12.6 Å². The van der Waals surface area contributed by atoms with Gasteiger partial charge in [-0.1, -0.05) is 0 Å². The second-order valence-corrected chi connectivity index (χ2v) is 3.55. The zero-order valence-electron chi connectivity index (χ0n) is 6.70. The highest BCUT2D eigenvalue weighted by Gasteiger charge is 2.32. The number of fused-ring (bicyclic) bond motifs is 3. The van der Waals surface area contributed by atoms with Crippen LogP contribution in [0.15, 0.2) is 0 Å². The lowest BCUT2D eigenvalue weighted by atomic mass is 9.84. The van der Waals surface area contributed by atoms with Gasteiger partial charge in [-0.2, -0.15) is 0 Å². The van der Waals surface area contributed by atoms with Crippen molar-refractivity contribution in [2.45, 2.75) is 25.3 Å². The maximum atomic E-state index is 8.97. The molecule has 3 fully saturated rings. The molecule has 0 amide bonds. The van der Waals surface area contributed by atoms with Gasteiger partial charge in [-0.3, -0.25) is 4.90 Å². The van der Waals surface area contributed by atoms with Gasteiger partial charge in [-0.15, -0.1) is 12.4 Å². The summed E-state index contributed by atoms with van der Waals surface area (Å²) in [6, 6.07) is 0.507. The third kappa shape index (κ3) is 1.68. The lowest BCUT2D eigenvalue weighted by Gasteiger charge is -2.44. The second-order valence-electron chi connectivity index (χ2n) is 3.55. The molecule has 0 aromatic rings. The molecule has 1 atom stereocenters. The molecule has 0 aromatic carbocycles. The summed E-state index contributed by atoms with van der Waals surface area (Å²) < 4.78 is 0. The van der Waals surface area contributed by atoms with E-state index < -0.39 is 0 Å². The van der Waals surface area contributed by atoms with Crippen LogP contribution in [0.4, 0.5) is 0 Å². The quantitative estimate of drug-likeness (QED) is 0.643. The van der Waals surface area contributed by atoms with Crippen LogP contribution in [-0.2, 0) is 0 Å². The number of rotatable bonds is 1. The molecule has 0 radical (unpaired) electrons. The Bertz CT molecular complexity index is 123. The van der Waals surface area contributed by atoms with Crippen LogP contribution < -0.4 is 0 Å². The molecule has 3 aliphatic heterocycles. The van der Waals surface area contributed by atoms with Crippen molar-refractivity contribution in [3.05, 3.63) is 0 Å². The molecule has 3 saturated heterocycles. The normalized spacial score (nSPS) is 41.7. The van der Waals surface area contributed by atoms with Crippen molar-refractivity contribution in [2.24, 2.45) is 5.92 Å². The van der Waals surface area contributed by atoms with E-state index in [9.17, 15) is 0 Å². The van der Waals surface area contributed by atoms with Gasteiger partial charge in [0.05, 0.1) is 6.61 Å². The molecule has 0 spiro atoms. The fraction of sp³-hybridized carbons (Fsp3) is 1.00. The first-order chi connectivity index (χ1) is 4.90. The largest absolute Gasteiger partial charge is 0.395 e. The first-order valence-electron chi connectivity index (χ1n) is 4.25. The van der Waals surface area contributed by atoms with Crippen LogP contribution in [-0.4, -0.2) is 35.7 Å². The molecule has 0 aromatic heterocycles. The molecule has 3 rings (SSSR count). The van der Waals surface area contributed by atoms with Gasteiger partial charge in [0.15, 0.2) is 0 Å². The summed E-state index contributed by atoms with van der Waals surface area (Å²) in [7, 11) is 0. The Morgan fingerprint density at radius 2 is 1.91 bits per heavy atom. The van der Waals surface area contributed by atoms with Gasteiger partial charge in [-0.05, 0) is 38.3 Å². The number of halogens is 1. The molecule has 11 heavy (non-hydrogen) atoms. The zero-order valence-corrected chi connectivity index (χ0v) is 7.52. The van der Waals surface area contributed by atoms with Gasteiger partial charge < -0.3 is 5.11 Å². The highest BCUT2D eigenvalue weighted by Crippen LogP contribution is 2.31. The van der Waals surface area contributed by atoms with E-state index in [1.165, 1.54) is 32.4 Å². The minimum Gasteiger partial charge on any atom is -0.395 e. The number of piperidine rings is 3. The lowest BCUT2D eigenvalue weighted by Crippen LogP contribution is -2.50. The van der Waals surface area contributed by atoms with Crippen molar-refractivity contribution in [1.82, 2.24) is 4.90 Å². The van der Waals surface area contributed by atoms with Crippen LogP contribution >= 0.6 is 12.4 Å². The minimum absolute atomic E-state index is 0. The number of aliphatic hydroxyl groups is 1. The average Bonchev–Trinajstić information content (AvgIpc) is 2.06. The summed E-state index contributed by atoms with van der Waals surface area (Å²) in [5.41, 5.74) is 0. The first-order valence-corrected chi connectivity index (χ1v) is 4.25. The Kier molecular flexibility index (Phi) is 3.16. The van der Waals surface area contributed by atoms with E-state index in [4.69, 9.17) is 5.11 Å². The monoisotopic (exact) mass is 177 g/mol. The van der Waals surface area contributed by atoms with E-state index in [-0.39, 0.29) is 12.4 Å². The Morgan fingerprint density at radius 1 is 1.27 bits per heavy atom. The number of aliphatic hydroxyl groups excluding tert-OH is 1. The predicted octanol–water partition coefficient (Wildman–Crippen LogP) is 0.885. The molecular weight excluding hydrogens is 162 g/mol. The highest BCUT2D eigenvalue weighted by molar-refractivity contribution is 5.85. The minimum atomic E-state index is 0. The van der Waals surface area contributed by atoms with Gasteiger partial charge in [0.25, 0.3) is 0 Å². The molecular formula is C8H16ClNO. The molecule has 2 nitrogen and oxygen atoms in total. The van der Waals surface area contributed by atoms with Gasteiger partial charge in [0.1, 0.15) is 0 Å². The van der Waals surface area contributed by atoms with Crippen molar-refractivity contribution < 1.29 is 5.11 Å². The fourth-order valence-corrected chi connectivity index (χ4v) is 2.28. The van der Waals surface area contributed by atoms with Crippen LogP contribution in [0.1, 0.15) is 19.3 Å². The molecule has 3 heteroatoms. The lowest BCUT2D eigenvalue weighted by molar-refractivity contribution is 0.0180. The predicted molar refractivity (Wildman–Crippen MR) is 47.0 cm³/mol. The third-order valence-electron chi connectivity index (χ3n) is 2.98. The third-order valence-corrected chi connectivity index (χ3v) is 2.98. The maximum absolute atomic E-state index is 8.97. The highest BCUT2D eigenvalue weighted by atomic mass is 35.5. The molecule has 66 valence electrons. The van der Waals surface area contributed by atoms with Crippen molar-refractivity contribution >= 4 is 12.4 Å². The molecule has 3 aliphatic rings.